The molecule has 3 aromatic rings. The maximum Gasteiger partial charge on any atom is 0.433 e. The number of anilines is 1. The second-order valence-corrected chi connectivity index (χ2v) is 9.59. The number of nitrogens with one attached hydrogen (secondary N) is 2. The number of fused-ring (bicyclic) bond motifs is 1. The van der Waals surface area contributed by atoms with Crippen molar-refractivity contribution in [2.24, 2.45) is 0 Å². The Hall–Kier alpha value is -2.80. The van der Waals surface area contributed by atoms with Gasteiger partial charge in [0.05, 0.1) is 26.7 Å². The van der Waals surface area contributed by atoms with E-state index in [1.807, 2.05) is 0 Å². The van der Waals surface area contributed by atoms with Crippen LogP contribution in [0, 0.1) is 17.1 Å². The second kappa shape index (κ2) is 10.3. The van der Waals surface area contributed by atoms with Crippen molar-refractivity contribution >= 4 is 57.3 Å². The Balaban J connectivity index is 1.46. The highest BCUT2D eigenvalue weighted by Gasteiger charge is 2.34. The van der Waals surface area contributed by atoms with Crippen molar-refractivity contribution in [3.05, 3.63) is 68.0 Å². The van der Waals surface area contributed by atoms with Crippen molar-refractivity contribution in [1.29, 1.82) is 5.26 Å². The number of carbonyl (C=O) groups is 1. The molecule has 4 rings (SSSR count). The molecule has 0 spiro atoms. The molecule has 1 aromatic heterocycles. The lowest BCUT2D eigenvalue weighted by Gasteiger charge is -2.31. The van der Waals surface area contributed by atoms with Crippen LogP contribution >= 0.6 is 34.8 Å². The number of aromatic nitrogens is 1. The summed E-state index contributed by atoms with van der Waals surface area (Å²) in [6, 6.07) is 7.58. The van der Waals surface area contributed by atoms with Gasteiger partial charge < -0.3 is 10.6 Å². The Morgan fingerprint density at radius 2 is 1.69 bits per heavy atom. The maximum absolute atomic E-state index is 14.0. The third kappa shape index (κ3) is 5.46. The van der Waals surface area contributed by atoms with Gasteiger partial charge in [-0.25, -0.2) is 9.37 Å². The number of carbonyl (C=O) groups excluding carboxylic acids is 1. The Morgan fingerprint density at radius 1 is 1.03 bits per heavy atom. The zero-order valence-electron chi connectivity index (χ0n) is 18.3. The fourth-order valence-corrected chi connectivity index (χ4v) is 4.88. The molecule has 2 aromatic carbocycles. The van der Waals surface area contributed by atoms with Crippen molar-refractivity contribution in [3.8, 4) is 6.07 Å². The van der Waals surface area contributed by atoms with Crippen molar-refractivity contribution in [1.82, 2.24) is 10.3 Å². The molecule has 1 fully saturated rings. The van der Waals surface area contributed by atoms with E-state index in [2.05, 4.69) is 15.6 Å². The topological polar surface area (TPSA) is 77.8 Å². The van der Waals surface area contributed by atoms with Crippen LogP contribution in [0.2, 0.25) is 15.1 Å². The predicted molar refractivity (Wildman–Crippen MR) is 130 cm³/mol. The minimum atomic E-state index is -4.61. The van der Waals surface area contributed by atoms with E-state index in [-0.39, 0.29) is 39.4 Å². The van der Waals surface area contributed by atoms with Crippen LogP contribution in [0.3, 0.4) is 0 Å². The summed E-state index contributed by atoms with van der Waals surface area (Å²) in [6.07, 6.45) is -2.50. The van der Waals surface area contributed by atoms with Gasteiger partial charge in [-0.2, -0.15) is 18.4 Å². The Labute approximate surface area is 218 Å². The molecule has 2 N–H and O–H groups in total. The molecule has 1 aliphatic carbocycles. The maximum atomic E-state index is 14.0. The van der Waals surface area contributed by atoms with Gasteiger partial charge in [-0.15, -0.1) is 0 Å². The van der Waals surface area contributed by atoms with Gasteiger partial charge in [-0.05, 0) is 56.0 Å². The summed E-state index contributed by atoms with van der Waals surface area (Å²) in [5.41, 5.74) is -1.09. The summed E-state index contributed by atoms with van der Waals surface area (Å²) in [5, 5.41) is 15.3. The Bertz CT molecular complexity index is 1380. The molecular weight excluding hydrogens is 543 g/mol. The first kappa shape index (κ1) is 26.3. The zero-order valence-corrected chi connectivity index (χ0v) is 20.6. The van der Waals surface area contributed by atoms with E-state index in [1.54, 1.807) is 12.1 Å². The van der Waals surface area contributed by atoms with Gasteiger partial charge in [0.15, 0.2) is 0 Å². The molecule has 12 heteroatoms. The van der Waals surface area contributed by atoms with E-state index in [4.69, 9.17) is 40.1 Å². The van der Waals surface area contributed by atoms with Gasteiger partial charge >= 0.3 is 6.18 Å². The van der Waals surface area contributed by atoms with Gasteiger partial charge in [-0.1, -0.05) is 34.8 Å². The van der Waals surface area contributed by atoms with Crippen LogP contribution in [-0.2, 0) is 6.18 Å². The standard InChI is InChI=1S/C24H17Cl3F4N4O/c25-11-1-6-18-14(7-11)19(9-20(35-18)24(29,30)31)33-12-2-4-13(5-3-12)34-23(36)15-8-17(28)22(27)16(10-32)21(15)26/h1,6-9,12-13H,2-5H2,(H,33,35)(H,34,36)/t12-,13+. The van der Waals surface area contributed by atoms with E-state index >= 15 is 0 Å². The monoisotopic (exact) mass is 558 g/mol. The number of rotatable bonds is 4. The van der Waals surface area contributed by atoms with Crippen LogP contribution in [0.25, 0.3) is 10.9 Å². The summed E-state index contributed by atoms with van der Waals surface area (Å²) >= 11 is 17.9. The van der Waals surface area contributed by atoms with Crippen LogP contribution in [0.5, 0.6) is 0 Å². The average Bonchev–Trinajstić information content (AvgIpc) is 2.82. The van der Waals surface area contributed by atoms with Gasteiger partial charge in [0, 0.05) is 28.2 Å². The zero-order chi connectivity index (χ0) is 26.2. The fraction of sp³-hybridized carbons (Fsp3) is 0.292. The molecule has 188 valence electrons. The largest absolute Gasteiger partial charge is 0.433 e. The normalized spacial score (nSPS) is 18.1. The van der Waals surface area contributed by atoms with Gasteiger partial charge in [-0.3, -0.25) is 4.79 Å². The molecule has 0 bridgehead atoms. The smallest absolute Gasteiger partial charge is 0.382 e. The number of benzene rings is 2. The molecule has 36 heavy (non-hydrogen) atoms. The highest BCUT2D eigenvalue weighted by Crippen LogP contribution is 2.36. The highest BCUT2D eigenvalue weighted by atomic mass is 35.5. The lowest BCUT2D eigenvalue weighted by molar-refractivity contribution is -0.140. The Kier molecular flexibility index (Phi) is 7.51. The first-order valence-corrected chi connectivity index (χ1v) is 11.9. The minimum Gasteiger partial charge on any atom is -0.382 e. The number of nitrogens with zero attached hydrogens (tertiary/aromatic N) is 2. The number of hydrogen-bond acceptors (Lipinski definition) is 4. The fourth-order valence-electron chi connectivity index (χ4n) is 4.20. The summed E-state index contributed by atoms with van der Waals surface area (Å²) < 4.78 is 54.2. The molecule has 1 aliphatic rings. The molecule has 1 amide bonds. The third-order valence-corrected chi connectivity index (χ3v) is 6.99. The number of nitriles is 1. The predicted octanol–water partition coefficient (Wildman–Crippen LogP) is 7.38. The molecule has 0 atom stereocenters. The van der Waals surface area contributed by atoms with Crippen LogP contribution in [-0.4, -0.2) is 23.0 Å². The van der Waals surface area contributed by atoms with Gasteiger partial charge in [0.1, 0.15) is 17.6 Å². The molecule has 0 unspecified atom stereocenters. The summed E-state index contributed by atoms with van der Waals surface area (Å²) in [7, 11) is 0. The number of pyridine rings is 1. The van der Waals surface area contributed by atoms with Gasteiger partial charge in [0.2, 0.25) is 0 Å². The number of hydrogen-bond donors (Lipinski definition) is 2. The molecule has 5 nitrogen and oxygen atoms in total. The lowest BCUT2D eigenvalue weighted by Crippen LogP contribution is -2.40. The molecule has 0 saturated heterocycles. The minimum absolute atomic E-state index is 0.162. The number of alkyl halides is 3. The summed E-state index contributed by atoms with van der Waals surface area (Å²) in [4.78, 5) is 16.4. The van der Waals surface area contributed by atoms with Crippen LogP contribution in [0.4, 0.5) is 23.2 Å². The SMILES string of the molecule is N#Cc1c(Cl)c(F)cc(C(=O)N[C@H]2CC[C@@H](Nc3cc(C(F)(F)F)nc4ccc(Cl)cc34)CC2)c1Cl. The van der Waals surface area contributed by atoms with E-state index in [0.717, 1.165) is 12.1 Å². The average molecular weight is 560 g/mol. The molecule has 0 radical (unpaired) electrons. The summed E-state index contributed by atoms with van der Waals surface area (Å²) in [6.45, 7) is 0. The van der Waals surface area contributed by atoms with Crippen molar-refractivity contribution in [2.75, 3.05) is 5.32 Å². The molecular formula is C24H17Cl3F4N4O. The van der Waals surface area contributed by atoms with E-state index < -0.39 is 28.6 Å². The van der Waals surface area contributed by atoms with Crippen molar-refractivity contribution in [3.63, 3.8) is 0 Å². The van der Waals surface area contributed by atoms with Crippen LogP contribution in [0.1, 0.15) is 47.3 Å². The first-order chi connectivity index (χ1) is 17.0. The third-order valence-electron chi connectivity index (χ3n) is 6.00. The molecule has 0 aliphatic heterocycles. The second-order valence-electron chi connectivity index (χ2n) is 8.40. The summed E-state index contributed by atoms with van der Waals surface area (Å²) in [5.74, 6) is -1.58. The Morgan fingerprint density at radius 3 is 2.33 bits per heavy atom. The van der Waals surface area contributed by atoms with Gasteiger partial charge in [0.25, 0.3) is 5.91 Å². The van der Waals surface area contributed by atoms with E-state index in [1.165, 1.54) is 12.1 Å². The highest BCUT2D eigenvalue weighted by molar-refractivity contribution is 6.38. The first-order valence-electron chi connectivity index (χ1n) is 10.8. The lowest BCUT2D eigenvalue weighted by atomic mass is 9.90. The number of amides is 1. The van der Waals surface area contributed by atoms with Crippen LogP contribution < -0.4 is 10.6 Å². The molecule has 1 saturated carbocycles. The van der Waals surface area contributed by atoms with E-state index in [9.17, 15) is 22.4 Å². The van der Waals surface area contributed by atoms with Crippen molar-refractivity contribution < 1.29 is 22.4 Å². The van der Waals surface area contributed by atoms with Crippen molar-refractivity contribution in [2.45, 2.75) is 43.9 Å². The quantitative estimate of drug-likeness (QED) is 0.258. The molecule has 1 heterocycles. The number of halogens is 7. The van der Waals surface area contributed by atoms with E-state index in [0.29, 0.717) is 36.1 Å². The van der Waals surface area contributed by atoms with Crippen LogP contribution in [0.15, 0.2) is 30.3 Å².